The van der Waals surface area contributed by atoms with E-state index in [1.807, 2.05) is 0 Å². The lowest BCUT2D eigenvalue weighted by atomic mass is 10.1. The number of carbonyl (C=O) groups is 1. The fourth-order valence-corrected chi connectivity index (χ4v) is 1.94. The van der Waals surface area contributed by atoms with Crippen LogP contribution in [0.4, 0.5) is 0 Å². The molecule has 1 saturated heterocycles. The van der Waals surface area contributed by atoms with Gasteiger partial charge in [-0.2, -0.15) is 0 Å². The van der Waals surface area contributed by atoms with E-state index in [1.54, 1.807) is 6.07 Å². The van der Waals surface area contributed by atoms with Gasteiger partial charge in [-0.25, -0.2) is 4.79 Å². The number of hydrogen-bond acceptors (Lipinski definition) is 4. The monoisotopic (exact) mass is 239 g/mol. The molecule has 2 rings (SSSR count). The molecule has 1 aliphatic heterocycles. The number of carboxylic acids is 1. The maximum Gasteiger partial charge on any atom is 0.371 e. The zero-order valence-electron chi connectivity index (χ0n) is 9.65. The second kappa shape index (κ2) is 5.84. The molecule has 5 heteroatoms. The lowest BCUT2D eigenvalue weighted by Crippen LogP contribution is -2.37. The van der Waals surface area contributed by atoms with Crippen LogP contribution in [-0.4, -0.2) is 30.3 Å². The molecule has 17 heavy (non-hydrogen) atoms. The average Bonchev–Trinajstić information content (AvgIpc) is 2.79. The first kappa shape index (κ1) is 12.1. The Morgan fingerprint density at radius 2 is 2.41 bits per heavy atom. The van der Waals surface area contributed by atoms with Crippen LogP contribution in [0.15, 0.2) is 16.5 Å². The molecule has 94 valence electrons. The maximum atomic E-state index is 10.6. The van der Waals surface area contributed by atoms with Crippen molar-refractivity contribution in [3.63, 3.8) is 0 Å². The number of nitrogens with one attached hydrogen (secondary N) is 1. The average molecular weight is 239 g/mol. The summed E-state index contributed by atoms with van der Waals surface area (Å²) >= 11 is 0. The van der Waals surface area contributed by atoms with Gasteiger partial charge in [-0.05, 0) is 31.5 Å². The highest BCUT2D eigenvalue weighted by atomic mass is 16.5. The van der Waals surface area contributed by atoms with E-state index >= 15 is 0 Å². The van der Waals surface area contributed by atoms with Crippen molar-refractivity contribution in [3.05, 3.63) is 23.7 Å². The fourth-order valence-electron chi connectivity index (χ4n) is 1.94. The number of furan rings is 1. The Labute approximate surface area is 99.8 Å². The van der Waals surface area contributed by atoms with Crippen molar-refractivity contribution in [2.75, 3.05) is 13.2 Å². The largest absolute Gasteiger partial charge is 0.475 e. The minimum Gasteiger partial charge on any atom is -0.475 e. The smallest absolute Gasteiger partial charge is 0.371 e. The van der Waals surface area contributed by atoms with Crippen molar-refractivity contribution >= 4 is 5.97 Å². The summed E-state index contributed by atoms with van der Waals surface area (Å²) in [6.45, 7) is 2.02. The van der Waals surface area contributed by atoms with Crippen molar-refractivity contribution in [2.45, 2.75) is 31.9 Å². The first-order valence-electron chi connectivity index (χ1n) is 5.89. The van der Waals surface area contributed by atoms with Crippen LogP contribution in [0.3, 0.4) is 0 Å². The number of hydrogen-bond donors (Lipinski definition) is 2. The van der Waals surface area contributed by atoms with Crippen molar-refractivity contribution in [3.8, 4) is 0 Å². The number of carboxylic acid groups (broad SMARTS) is 1. The zero-order chi connectivity index (χ0) is 12.1. The second-order valence-electron chi connectivity index (χ2n) is 4.23. The van der Waals surface area contributed by atoms with Crippen LogP contribution in [0.1, 0.15) is 35.6 Å². The SMILES string of the molecule is O=C(O)c1ccc(COCC2CCCCN2)o1. The van der Waals surface area contributed by atoms with Gasteiger partial charge in [0.1, 0.15) is 12.4 Å². The molecule has 1 fully saturated rings. The van der Waals surface area contributed by atoms with Crippen LogP contribution in [0.2, 0.25) is 0 Å². The van der Waals surface area contributed by atoms with Crippen molar-refractivity contribution < 1.29 is 19.1 Å². The Bertz CT molecular complexity index is 368. The Kier molecular flexibility index (Phi) is 4.17. The van der Waals surface area contributed by atoms with E-state index in [9.17, 15) is 4.79 Å². The number of aromatic carboxylic acids is 1. The predicted octanol–water partition coefficient (Wildman–Crippen LogP) is 1.64. The van der Waals surface area contributed by atoms with Crippen molar-refractivity contribution in [2.24, 2.45) is 0 Å². The summed E-state index contributed by atoms with van der Waals surface area (Å²) in [7, 11) is 0. The summed E-state index contributed by atoms with van der Waals surface area (Å²) in [5.41, 5.74) is 0. The highest BCUT2D eigenvalue weighted by Crippen LogP contribution is 2.11. The summed E-state index contributed by atoms with van der Waals surface area (Å²) in [5.74, 6) is -0.539. The third-order valence-corrected chi connectivity index (χ3v) is 2.85. The van der Waals surface area contributed by atoms with Gasteiger partial charge in [-0.3, -0.25) is 0 Å². The summed E-state index contributed by atoms with van der Waals surface area (Å²) in [6.07, 6.45) is 3.61. The molecule has 0 spiro atoms. The zero-order valence-corrected chi connectivity index (χ0v) is 9.65. The number of ether oxygens (including phenoxy) is 1. The van der Waals surface area contributed by atoms with Crippen molar-refractivity contribution in [1.82, 2.24) is 5.32 Å². The molecular weight excluding hydrogens is 222 g/mol. The van der Waals surface area contributed by atoms with Gasteiger partial charge in [0, 0.05) is 6.04 Å². The molecule has 0 amide bonds. The highest BCUT2D eigenvalue weighted by molar-refractivity contribution is 5.84. The molecule has 1 unspecified atom stereocenters. The summed E-state index contributed by atoms with van der Waals surface area (Å²) in [4.78, 5) is 10.6. The fraction of sp³-hybridized carbons (Fsp3) is 0.583. The molecule has 1 aliphatic rings. The van der Waals surface area contributed by atoms with E-state index in [0.29, 0.717) is 25.0 Å². The number of piperidine rings is 1. The van der Waals surface area contributed by atoms with E-state index < -0.39 is 5.97 Å². The normalized spacial score (nSPS) is 20.4. The van der Waals surface area contributed by atoms with Crippen LogP contribution in [0.25, 0.3) is 0 Å². The van der Waals surface area contributed by atoms with Gasteiger partial charge < -0.3 is 19.6 Å². The van der Waals surface area contributed by atoms with E-state index in [-0.39, 0.29) is 5.76 Å². The molecule has 0 saturated carbocycles. The minimum atomic E-state index is -1.05. The molecule has 5 nitrogen and oxygen atoms in total. The van der Waals surface area contributed by atoms with Crippen LogP contribution >= 0.6 is 0 Å². The standard InChI is InChI=1S/C12H17NO4/c14-12(15)11-5-4-10(17-11)8-16-7-9-3-1-2-6-13-9/h4-5,9,13H,1-3,6-8H2,(H,14,15). The molecule has 2 heterocycles. The topological polar surface area (TPSA) is 71.7 Å². The molecular formula is C12H17NO4. The van der Waals surface area contributed by atoms with Crippen LogP contribution in [-0.2, 0) is 11.3 Å². The highest BCUT2D eigenvalue weighted by Gasteiger charge is 2.13. The molecule has 0 aliphatic carbocycles. The molecule has 1 atom stereocenters. The summed E-state index contributed by atoms with van der Waals surface area (Å²) in [5, 5.41) is 12.1. The predicted molar refractivity (Wildman–Crippen MR) is 61.0 cm³/mol. The van der Waals surface area contributed by atoms with Gasteiger partial charge in [0.05, 0.1) is 6.61 Å². The third-order valence-electron chi connectivity index (χ3n) is 2.85. The van der Waals surface area contributed by atoms with Gasteiger partial charge in [-0.15, -0.1) is 0 Å². The quantitative estimate of drug-likeness (QED) is 0.817. The summed E-state index contributed by atoms with van der Waals surface area (Å²) in [6, 6.07) is 3.50. The van der Waals surface area contributed by atoms with Crippen LogP contribution < -0.4 is 5.32 Å². The van der Waals surface area contributed by atoms with Crippen LogP contribution in [0, 0.1) is 0 Å². The maximum absolute atomic E-state index is 10.6. The van der Waals surface area contributed by atoms with Crippen LogP contribution in [0.5, 0.6) is 0 Å². The Morgan fingerprint density at radius 3 is 3.06 bits per heavy atom. The molecule has 0 bridgehead atoms. The van der Waals surface area contributed by atoms with Gasteiger partial charge in [0.25, 0.3) is 0 Å². The molecule has 1 aromatic heterocycles. The third kappa shape index (κ3) is 3.57. The first-order valence-corrected chi connectivity index (χ1v) is 5.89. The second-order valence-corrected chi connectivity index (χ2v) is 4.23. The Balaban J connectivity index is 1.71. The Morgan fingerprint density at radius 1 is 1.53 bits per heavy atom. The van der Waals surface area contributed by atoms with Crippen molar-refractivity contribution in [1.29, 1.82) is 0 Å². The van der Waals surface area contributed by atoms with E-state index in [1.165, 1.54) is 18.9 Å². The van der Waals surface area contributed by atoms with Gasteiger partial charge >= 0.3 is 5.97 Å². The molecule has 0 aromatic carbocycles. The lowest BCUT2D eigenvalue weighted by Gasteiger charge is -2.22. The first-order chi connectivity index (χ1) is 8.25. The Hall–Kier alpha value is -1.33. The molecule has 2 N–H and O–H groups in total. The minimum absolute atomic E-state index is 0.0422. The molecule has 1 aromatic rings. The summed E-state index contributed by atoms with van der Waals surface area (Å²) < 4.78 is 10.6. The van der Waals surface area contributed by atoms with E-state index in [2.05, 4.69) is 5.32 Å². The van der Waals surface area contributed by atoms with E-state index in [0.717, 1.165) is 13.0 Å². The number of rotatable bonds is 5. The lowest BCUT2D eigenvalue weighted by molar-refractivity contribution is 0.0630. The van der Waals surface area contributed by atoms with Gasteiger partial charge in [0.15, 0.2) is 0 Å². The van der Waals surface area contributed by atoms with Gasteiger partial charge in [0.2, 0.25) is 5.76 Å². The molecule has 0 radical (unpaired) electrons. The van der Waals surface area contributed by atoms with Gasteiger partial charge in [-0.1, -0.05) is 6.42 Å². The van der Waals surface area contributed by atoms with E-state index in [4.69, 9.17) is 14.3 Å².